The first-order valence-electron chi connectivity index (χ1n) is 13.4. The summed E-state index contributed by atoms with van der Waals surface area (Å²) in [5.74, 6) is 0.498. The third-order valence-electron chi connectivity index (χ3n) is 7.69. The number of fused-ring (bicyclic) bond motifs is 2. The van der Waals surface area contributed by atoms with Crippen LogP contribution in [0.25, 0.3) is 33.5 Å². The molecule has 1 radical (unpaired) electrons. The van der Waals surface area contributed by atoms with Crippen molar-refractivity contribution < 1.29 is 4.79 Å². The summed E-state index contributed by atoms with van der Waals surface area (Å²) in [6, 6.07) is 26.8. The van der Waals surface area contributed by atoms with Gasteiger partial charge in [-0.25, -0.2) is 14.8 Å². The molecule has 1 fully saturated rings. The molecule has 2 aliphatic rings. The van der Waals surface area contributed by atoms with Gasteiger partial charge in [0.2, 0.25) is 0 Å². The van der Waals surface area contributed by atoms with E-state index >= 15 is 0 Å². The number of piperidine rings is 1. The summed E-state index contributed by atoms with van der Waals surface area (Å²) < 4.78 is 0. The number of rotatable bonds is 5. The van der Waals surface area contributed by atoms with Crippen molar-refractivity contribution in [2.45, 2.75) is 25.3 Å². The van der Waals surface area contributed by atoms with E-state index in [9.17, 15) is 4.79 Å². The van der Waals surface area contributed by atoms with Gasteiger partial charge in [-0.15, -0.1) is 0 Å². The molecule has 0 saturated carbocycles. The van der Waals surface area contributed by atoms with Gasteiger partial charge in [-0.1, -0.05) is 60.7 Å². The zero-order valence-corrected chi connectivity index (χ0v) is 21.4. The number of hydrogen-bond donors (Lipinski definition) is 1. The fraction of sp³-hybridized carbons (Fsp3) is 0.188. The first-order chi connectivity index (χ1) is 19.2. The zero-order valence-electron chi connectivity index (χ0n) is 21.4. The molecule has 191 valence electrons. The highest BCUT2D eigenvalue weighted by atomic mass is 16.2. The number of nitrogens with zero attached hydrogens (tertiary/aromatic N) is 5. The lowest BCUT2D eigenvalue weighted by Crippen LogP contribution is -2.32. The van der Waals surface area contributed by atoms with Crippen molar-refractivity contribution in [3.05, 3.63) is 102 Å². The third-order valence-corrected chi connectivity index (χ3v) is 7.69. The van der Waals surface area contributed by atoms with E-state index in [1.807, 2.05) is 30.3 Å². The number of benzene rings is 3. The van der Waals surface area contributed by atoms with Crippen LogP contribution in [0.15, 0.2) is 91.3 Å². The van der Waals surface area contributed by atoms with Crippen molar-refractivity contribution in [1.29, 1.82) is 0 Å². The van der Waals surface area contributed by atoms with Crippen LogP contribution in [-0.4, -0.2) is 39.0 Å². The number of amides is 2. The van der Waals surface area contributed by atoms with Gasteiger partial charge in [0.1, 0.15) is 5.52 Å². The molecule has 0 aliphatic carbocycles. The van der Waals surface area contributed by atoms with Crippen LogP contribution in [0.5, 0.6) is 0 Å². The molecule has 2 aliphatic heterocycles. The second-order valence-electron chi connectivity index (χ2n) is 10.2. The molecule has 0 atom stereocenters. The first kappa shape index (κ1) is 23.5. The van der Waals surface area contributed by atoms with Gasteiger partial charge in [-0.3, -0.25) is 9.88 Å². The second-order valence-corrected chi connectivity index (χ2v) is 10.2. The summed E-state index contributed by atoms with van der Waals surface area (Å²) in [7, 11) is 0. The summed E-state index contributed by atoms with van der Waals surface area (Å²) in [5, 5.41) is 6.84. The number of carbonyl (C=O) groups excluding carboxylic acids is 1. The van der Waals surface area contributed by atoms with Gasteiger partial charge in [0, 0.05) is 23.9 Å². The van der Waals surface area contributed by atoms with Crippen LogP contribution in [-0.2, 0) is 6.54 Å². The van der Waals surface area contributed by atoms with E-state index in [1.165, 1.54) is 11.1 Å². The quantitative estimate of drug-likeness (QED) is 0.290. The molecule has 7 heteroatoms. The summed E-state index contributed by atoms with van der Waals surface area (Å²) in [6.07, 6.45) is 5.72. The van der Waals surface area contributed by atoms with Crippen LogP contribution in [0, 0.1) is 0 Å². The van der Waals surface area contributed by atoms with Crippen molar-refractivity contribution in [3.8, 4) is 22.5 Å². The lowest BCUT2D eigenvalue weighted by molar-refractivity contribution is 0.204. The number of carbonyl (C=O) groups is 1. The Kier molecular flexibility index (Phi) is 5.98. The molecule has 1 saturated heterocycles. The molecular formula is C32H27N6O. The van der Waals surface area contributed by atoms with Crippen LogP contribution in [0.1, 0.15) is 29.9 Å². The van der Waals surface area contributed by atoms with E-state index < -0.39 is 0 Å². The molecule has 0 unspecified atom stereocenters. The van der Waals surface area contributed by atoms with Crippen LogP contribution in [0.2, 0.25) is 0 Å². The maximum Gasteiger partial charge on any atom is 0.346 e. The molecule has 7 rings (SSSR count). The highest BCUT2D eigenvalue weighted by Crippen LogP contribution is 2.35. The SMILES string of the molecule is O=C1[N]c2cc(C3CCN(Cc4ccc(-c5nc6ccncc6nc5-c5ccccc5)cc4)CC3)ccc2N1. The van der Waals surface area contributed by atoms with Gasteiger partial charge in [0.05, 0.1) is 34.5 Å². The van der Waals surface area contributed by atoms with E-state index in [4.69, 9.17) is 9.97 Å². The lowest BCUT2D eigenvalue weighted by Gasteiger charge is -2.32. The Bertz CT molecular complexity index is 1660. The minimum atomic E-state index is -0.274. The maximum atomic E-state index is 11.5. The van der Waals surface area contributed by atoms with Crippen molar-refractivity contribution in [3.63, 3.8) is 0 Å². The zero-order chi connectivity index (χ0) is 26.2. The Hall–Kier alpha value is -4.62. The molecule has 7 nitrogen and oxygen atoms in total. The van der Waals surface area contributed by atoms with Crippen LogP contribution in [0.4, 0.5) is 16.2 Å². The topological polar surface area (TPSA) is 85.1 Å². The summed E-state index contributed by atoms with van der Waals surface area (Å²) in [6.45, 7) is 3.01. The Morgan fingerprint density at radius 3 is 2.36 bits per heavy atom. The van der Waals surface area contributed by atoms with Crippen molar-refractivity contribution in [2.75, 3.05) is 18.4 Å². The minimum absolute atomic E-state index is 0.274. The van der Waals surface area contributed by atoms with Crippen molar-refractivity contribution in [1.82, 2.24) is 25.2 Å². The molecule has 3 aromatic carbocycles. The average Bonchev–Trinajstić information content (AvgIpc) is 3.37. The molecule has 5 aromatic rings. The molecule has 2 amide bonds. The number of nitrogens with one attached hydrogen (secondary N) is 1. The van der Waals surface area contributed by atoms with Gasteiger partial charge in [0.15, 0.2) is 0 Å². The second kappa shape index (κ2) is 9.93. The third kappa shape index (κ3) is 4.73. The van der Waals surface area contributed by atoms with E-state index in [0.717, 1.165) is 77.4 Å². The molecule has 0 bridgehead atoms. The number of pyridine rings is 1. The normalized spacial score (nSPS) is 15.6. The van der Waals surface area contributed by atoms with Crippen LogP contribution in [0.3, 0.4) is 0 Å². The van der Waals surface area contributed by atoms with Gasteiger partial charge in [0.25, 0.3) is 0 Å². The lowest BCUT2D eigenvalue weighted by atomic mass is 9.89. The molecule has 39 heavy (non-hydrogen) atoms. The monoisotopic (exact) mass is 511 g/mol. The minimum Gasteiger partial charge on any atom is -0.304 e. The highest BCUT2D eigenvalue weighted by Gasteiger charge is 2.24. The van der Waals surface area contributed by atoms with E-state index in [2.05, 4.69) is 69.0 Å². The number of likely N-dealkylation sites (tertiary alicyclic amines) is 1. The van der Waals surface area contributed by atoms with E-state index in [0.29, 0.717) is 5.92 Å². The van der Waals surface area contributed by atoms with Crippen LogP contribution < -0.4 is 10.6 Å². The molecule has 0 spiro atoms. The van der Waals surface area contributed by atoms with Gasteiger partial charge >= 0.3 is 6.03 Å². The summed E-state index contributed by atoms with van der Waals surface area (Å²) in [5.41, 5.74) is 9.61. The number of aromatic nitrogens is 3. The highest BCUT2D eigenvalue weighted by molar-refractivity contribution is 6.02. The smallest absolute Gasteiger partial charge is 0.304 e. The van der Waals surface area contributed by atoms with E-state index in [1.54, 1.807) is 12.4 Å². The number of anilines is 1. The largest absolute Gasteiger partial charge is 0.346 e. The predicted octanol–water partition coefficient (Wildman–Crippen LogP) is 6.52. The Morgan fingerprint density at radius 2 is 1.56 bits per heavy atom. The Labute approximate surface area is 227 Å². The molecule has 4 heterocycles. The average molecular weight is 512 g/mol. The first-order valence-corrected chi connectivity index (χ1v) is 13.4. The van der Waals surface area contributed by atoms with Gasteiger partial charge < -0.3 is 5.32 Å². The predicted molar refractivity (Wildman–Crippen MR) is 153 cm³/mol. The summed E-state index contributed by atoms with van der Waals surface area (Å²) >= 11 is 0. The fourth-order valence-corrected chi connectivity index (χ4v) is 5.61. The van der Waals surface area contributed by atoms with Crippen molar-refractivity contribution >= 4 is 28.4 Å². The Morgan fingerprint density at radius 1 is 0.821 bits per heavy atom. The summed E-state index contributed by atoms with van der Waals surface area (Å²) in [4.78, 5) is 28.2. The van der Waals surface area contributed by atoms with Crippen molar-refractivity contribution in [2.24, 2.45) is 0 Å². The number of hydrogen-bond acceptors (Lipinski definition) is 5. The van der Waals surface area contributed by atoms with Crippen LogP contribution >= 0.6 is 0 Å². The molecular weight excluding hydrogens is 484 g/mol. The maximum absolute atomic E-state index is 11.5. The van der Waals surface area contributed by atoms with Gasteiger partial charge in [-0.2, -0.15) is 5.32 Å². The molecule has 2 aromatic heterocycles. The standard InChI is InChI=1S/C32H27N6O/c39-32-36-26-11-10-25(18-28(26)37-32)22-13-16-38(17-14-22)20-21-6-8-24(9-7-21)31-30(23-4-2-1-3-5-23)35-29-19-33-15-12-27(29)34-31/h1-12,15,18-19,22H,13-14,16-17,20H2,(H,36,39). The Balaban J connectivity index is 1.06. The fourth-order valence-electron chi connectivity index (χ4n) is 5.61. The van der Waals surface area contributed by atoms with E-state index in [-0.39, 0.29) is 6.03 Å². The molecule has 1 N–H and O–H groups in total. The number of urea groups is 1. The van der Waals surface area contributed by atoms with Gasteiger partial charge in [-0.05, 0) is 61.2 Å².